The van der Waals surface area contributed by atoms with Crippen LogP contribution in [0.5, 0.6) is 0 Å². The molecule has 0 amide bonds. The molecular weight excluding hydrogens is 482 g/mol. The van der Waals surface area contributed by atoms with Gasteiger partial charge in [-0.15, -0.1) is 0 Å². The Hall–Kier alpha value is -4.15. The molecule has 0 aliphatic heterocycles. The molecule has 2 heterocycles. The number of aryl methyl sites for hydroxylation is 3. The quantitative estimate of drug-likeness (QED) is 0.343. The lowest BCUT2D eigenvalue weighted by Gasteiger charge is -2.09. The van der Waals surface area contributed by atoms with E-state index < -0.39 is 16.1 Å². The summed E-state index contributed by atoms with van der Waals surface area (Å²) in [6, 6.07) is 17.5. The van der Waals surface area contributed by atoms with Crippen LogP contribution in [0.3, 0.4) is 0 Å². The van der Waals surface area contributed by atoms with E-state index in [0.717, 1.165) is 11.1 Å². The molecule has 4 rings (SSSR count). The van der Waals surface area contributed by atoms with Crippen molar-refractivity contribution in [3.05, 3.63) is 112 Å². The molecule has 0 saturated carbocycles. The second-order valence-electron chi connectivity index (χ2n) is 8.15. The third-order valence-electron chi connectivity index (χ3n) is 5.43. The van der Waals surface area contributed by atoms with Gasteiger partial charge < -0.3 is 5.11 Å². The number of carbonyl (C=O) groups is 1. The molecule has 0 aliphatic rings. The Labute approximate surface area is 207 Å². The summed E-state index contributed by atoms with van der Waals surface area (Å²) in [7, 11) is -3.93. The van der Waals surface area contributed by atoms with Gasteiger partial charge in [0.1, 0.15) is 0 Å². The summed E-state index contributed by atoms with van der Waals surface area (Å²) < 4.78 is 31.5. The summed E-state index contributed by atoms with van der Waals surface area (Å²) in [5.74, 6) is -1.02. The first kappa shape index (κ1) is 25.0. The Morgan fingerprint density at radius 1 is 1.00 bits per heavy atom. The predicted octanol–water partition coefficient (Wildman–Crippen LogP) is 3.46. The zero-order valence-corrected chi connectivity index (χ0v) is 20.2. The molecule has 0 saturated heterocycles. The topological polar surface area (TPSA) is 128 Å². The number of rotatable bonds is 9. The largest absolute Gasteiger partial charge is 0.478 e. The van der Waals surface area contributed by atoms with Gasteiger partial charge in [-0.2, -0.15) is 13.5 Å². The Kier molecular flexibility index (Phi) is 7.37. The molecule has 0 aliphatic carbocycles. The molecule has 0 unspecified atom stereocenters. The van der Waals surface area contributed by atoms with Crippen molar-refractivity contribution in [2.24, 2.45) is 0 Å². The van der Waals surface area contributed by atoms with E-state index in [-0.39, 0.29) is 29.2 Å². The van der Waals surface area contributed by atoms with Gasteiger partial charge in [-0.25, -0.2) is 9.48 Å². The van der Waals surface area contributed by atoms with E-state index in [0.29, 0.717) is 23.2 Å². The maximum Gasteiger partial charge on any atom is 0.335 e. The number of aromatic nitrogens is 3. The van der Waals surface area contributed by atoms with Crippen LogP contribution in [0.25, 0.3) is 11.3 Å². The molecule has 0 bridgehead atoms. The second kappa shape index (κ2) is 10.6. The summed E-state index contributed by atoms with van der Waals surface area (Å²) in [4.78, 5) is 27.7. The number of nitrogens with zero attached hydrogens (tertiary/aromatic N) is 3. The van der Waals surface area contributed by atoms with Crippen molar-refractivity contribution in [2.75, 3.05) is 0 Å². The van der Waals surface area contributed by atoms with E-state index in [9.17, 15) is 18.0 Å². The number of pyridine rings is 1. The van der Waals surface area contributed by atoms with Crippen LogP contribution in [-0.2, 0) is 33.9 Å². The van der Waals surface area contributed by atoms with E-state index in [1.54, 1.807) is 48.7 Å². The molecular formula is C26H23N3O6S. The molecule has 184 valence electrons. The van der Waals surface area contributed by atoms with Gasteiger partial charge in [0.05, 0.1) is 22.8 Å². The fourth-order valence-corrected chi connectivity index (χ4v) is 4.38. The van der Waals surface area contributed by atoms with Crippen LogP contribution in [0.4, 0.5) is 0 Å². The Balaban J connectivity index is 1.49. The van der Waals surface area contributed by atoms with Crippen molar-refractivity contribution >= 4 is 16.1 Å². The first-order valence-corrected chi connectivity index (χ1v) is 12.4. The van der Waals surface area contributed by atoms with Gasteiger partial charge in [-0.1, -0.05) is 29.8 Å². The van der Waals surface area contributed by atoms with Crippen molar-refractivity contribution in [1.82, 2.24) is 14.8 Å². The molecule has 0 radical (unpaired) electrons. The summed E-state index contributed by atoms with van der Waals surface area (Å²) in [6.07, 6.45) is 3.48. The number of benzene rings is 2. The van der Waals surface area contributed by atoms with Crippen LogP contribution in [-0.4, -0.2) is 34.3 Å². The van der Waals surface area contributed by atoms with Crippen molar-refractivity contribution in [2.45, 2.75) is 31.4 Å². The highest BCUT2D eigenvalue weighted by Crippen LogP contribution is 2.19. The minimum absolute atomic E-state index is 0.0693. The monoisotopic (exact) mass is 505 g/mol. The normalized spacial score (nSPS) is 11.4. The standard InChI is InChI=1S/C26H23N3O6S/c1-18-5-7-23(8-6-18)36(33,34)35-17-20-14-22(16-27-15-20)24-9-10-25(30)29(28-24)12-11-19-3-2-4-21(13-19)26(31)32/h2-10,13-16H,11-12,17H2,1H3,(H,31,32). The van der Waals surface area contributed by atoms with Gasteiger partial charge in [0, 0.05) is 30.6 Å². The van der Waals surface area contributed by atoms with Crippen LogP contribution in [0, 0.1) is 6.92 Å². The van der Waals surface area contributed by atoms with Crippen molar-refractivity contribution < 1.29 is 22.5 Å². The van der Waals surface area contributed by atoms with Crippen molar-refractivity contribution in [3.63, 3.8) is 0 Å². The molecule has 36 heavy (non-hydrogen) atoms. The van der Waals surface area contributed by atoms with E-state index in [2.05, 4.69) is 10.1 Å². The molecule has 0 atom stereocenters. The summed E-state index contributed by atoms with van der Waals surface area (Å²) >= 11 is 0. The van der Waals surface area contributed by atoms with E-state index in [1.165, 1.54) is 35.1 Å². The molecule has 2 aromatic heterocycles. The van der Waals surface area contributed by atoms with Gasteiger partial charge in [0.15, 0.2) is 0 Å². The van der Waals surface area contributed by atoms with Gasteiger partial charge in [-0.3, -0.25) is 14.0 Å². The third kappa shape index (κ3) is 6.09. The molecule has 0 spiro atoms. The fourth-order valence-electron chi connectivity index (χ4n) is 3.48. The van der Waals surface area contributed by atoms with Crippen LogP contribution in [0.1, 0.15) is 27.0 Å². The highest BCUT2D eigenvalue weighted by atomic mass is 32.2. The lowest BCUT2D eigenvalue weighted by molar-refractivity contribution is 0.0696. The minimum atomic E-state index is -3.93. The average Bonchev–Trinajstić information content (AvgIpc) is 2.87. The van der Waals surface area contributed by atoms with Gasteiger partial charge in [0.25, 0.3) is 15.7 Å². The number of hydrogen-bond acceptors (Lipinski definition) is 7. The van der Waals surface area contributed by atoms with Gasteiger partial charge >= 0.3 is 5.97 Å². The van der Waals surface area contributed by atoms with Crippen LogP contribution in [0.15, 0.2) is 88.8 Å². The zero-order valence-electron chi connectivity index (χ0n) is 19.4. The predicted molar refractivity (Wildman–Crippen MR) is 132 cm³/mol. The molecule has 9 nitrogen and oxygen atoms in total. The molecule has 2 aromatic carbocycles. The van der Waals surface area contributed by atoms with Crippen LogP contribution < -0.4 is 5.56 Å². The number of carboxylic acid groups (broad SMARTS) is 1. The van der Waals surface area contributed by atoms with Gasteiger partial charge in [0.2, 0.25) is 0 Å². The lowest BCUT2D eigenvalue weighted by atomic mass is 10.1. The first-order valence-electron chi connectivity index (χ1n) is 11.0. The SMILES string of the molecule is Cc1ccc(S(=O)(=O)OCc2cncc(-c3ccc(=O)n(CCc4cccc(C(=O)O)c4)n3)c2)cc1. The lowest BCUT2D eigenvalue weighted by Crippen LogP contribution is -2.23. The smallest absolute Gasteiger partial charge is 0.335 e. The second-order valence-corrected chi connectivity index (χ2v) is 9.76. The Morgan fingerprint density at radius 3 is 2.53 bits per heavy atom. The number of hydrogen-bond donors (Lipinski definition) is 1. The maximum absolute atomic E-state index is 12.5. The van der Waals surface area contributed by atoms with E-state index in [1.807, 2.05) is 6.92 Å². The van der Waals surface area contributed by atoms with Gasteiger partial charge in [-0.05, 0) is 60.9 Å². The first-order chi connectivity index (χ1) is 17.2. The summed E-state index contributed by atoms with van der Waals surface area (Å²) in [5.41, 5.74) is 3.17. The average molecular weight is 506 g/mol. The number of aromatic carboxylic acids is 1. The Morgan fingerprint density at radius 2 is 1.78 bits per heavy atom. The third-order valence-corrected chi connectivity index (χ3v) is 6.71. The Bertz CT molecular complexity index is 1560. The molecule has 1 N–H and O–H groups in total. The van der Waals surface area contributed by atoms with Crippen molar-refractivity contribution in [3.8, 4) is 11.3 Å². The molecule has 10 heteroatoms. The summed E-state index contributed by atoms with van der Waals surface area (Å²) in [5, 5.41) is 13.6. The summed E-state index contributed by atoms with van der Waals surface area (Å²) in [6.45, 7) is 1.90. The van der Waals surface area contributed by atoms with Crippen LogP contribution >= 0.6 is 0 Å². The highest BCUT2D eigenvalue weighted by Gasteiger charge is 2.15. The fraction of sp³-hybridized carbons (Fsp3) is 0.154. The zero-order chi connectivity index (χ0) is 25.7. The van der Waals surface area contributed by atoms with Crippen LogP contribution in [0.2, 0.25) is 0 Å². The molecule has 4 aromatic rings. The minimum Gasteiger partial charge on any atom is -0.478 e. The van der Waals surface area contributed by atoms with E-state index >= 15 is 0 Å². The van der Waals surface area contributed by atoms with Crippen molar-refractivity contribution in [1.29, 1.82) is 0 Å². The highest BCUT2D eigenvalue weighted by molar-refractivity contribution is 7.86. The number of carboxylic acids is 1. The maximum atomic E-state index is 12.5. The molecule has 0 fully saturated rings. The van der Waals surface area contributed by atoms with E-state index in [4.69, 9.17) is 9.29 Å².